The summed E-state index contributed by atoms with van der Waals surface area (Å²) in [5, 5.41) is 0. The fourth-order valence-corrected chi connectivity index (χ4v) is 22.4. The second-order valence-corrected chi connectivity index (χ2v) is 26.7. The molecular formula is C11H34O4Si5. The number of hydrogen-bond donors (Lipinski definition) is 0. The van der Waals surface area contributed by atoms with Crippen molar-refractivity contribution in [2.24, 2.45) is 0 Å². The highest BCUT2D eigenvalue weighted by Gasteiger charge is 2.38. The molecule has 20 heavy (non-hydrogen) atoms. The molecule has 0 aliphatic rings. The fraction of sp³-hybridized carbons (Fsp3) is 1.00. The van der Waals surface area contributed by atoms with Crippen molar-refractivity contribution in [3.05, 3.63) is 0 Å². The standard InChI is InChI=1S/C11H34O4Si5/c1-16(12-19(8,9)14-17(2,3)4)13-20(10,11)15-18(5,6)7/h16H,1-11H3. The van der Waals surface area contributed by atoms with E-state index < -0.39 is 43.0 Å². The lowest BCUT2D eigenvalue weighted by molar-refractivity contribution is 0.320. The summed E-state index contributed by atoms with van der Waals surface area (Å²) in [4.78, 5) is 0. The maximum atomic E-state index is 6.20. The molecule has 122 valence electrons. The molecule has 0 rings (SSSR count). The minimum atomic E-state index is -2.08. The number of hydrogen-bond acceptors (Lipinski definition) is 4. The maximum Gasteiger partial charge on any atom is 0.312 e. The zero-order valence-corrected chi connectivity index (χ0v) is 20.4. The molecule has 4 nitrogen and oxygen atoms in total. The Morgan fingerprint density at radius 1 is 0.550 bits per heavy atom. The van der Waals surface area contributed by atoms with Gasteiger partial charge in [0, 0.05) is 0 Å². The molecule has 0 aliphatic heterocycles. The minimum Gasteiger partial charge on any atom is -0.437 e. The average molecular weight is 371 g/mol. The smallest absolute Gasteiger partial charge is 0.312 e. The molecule has 0 fully saturated rings. The first-order valence-electron chi connectivity index (χ1n) is 7.27. The summed E-state index contributed by atoms with van der Waals surface area (Å²) in [5.74, 6) is 0. The van der Waals surface area contributed by atoms with Crippen LogP contribution < -0.4 is 0 Å². The van der Waals surface area contributed by atoms with Crippen LogP contribution in [-0.4, -0.2) is 43.0 Å². The van der Waals surface area contributed by atoms with E-state index in [0.29, 0.717) is 0 Å². The third-order valence-electron chi connectivity index (χ3n) is 2.00. The third-order valence-corrected chi connectivity index (χ3v) is 18.0. The monoisotopic (exact) mass is 370 g/mol. The van der Waals surface area contributed by atoms with Gasteiger partial charge in [-0.05, 0) is 72.0 Å². The van der Waals surface area contributed by atoms with E-state index >= 15 is 0 Å². The van der Waals surface area contributed by atoms with Crippen LogP contribution in [0.4, 0.5) is 0 Å². The van der Waals surface area contributed by atoms with Crippen molar-refractivity contribution >= 4 is 43.0 Å². The lowest BCUT2D eigenvalue weighted by Gasteiger charge is -2.37. The van der Waals surface area contributed by atoms with Gasteiger partial charge in [-0.1, -0.05) is 0 Å². The topological polar surface area (TPSA) is 36.9 Å². The van der Waals surface area contributed by atoms with Gasteiger partial charge in [0.15, 0.2) is 16.6 Å². The quantitative estimate of drug-likeness (QED) is 0.606. The minimum absolute atomic E-state index is 1.57. The molecule has 0 heterocycles. The van der Waals surface area contributed by atoms with Crippen LogP contribution in [0.15, 0.2) is 0 Å². The van der Waals surface area contributed by atoms with Crippen LogP contribution in [0, 0.1) is 0 Å². The summed E-state index contributed by atoms with van der Waals surface area (Å²) in [5.41, 5.74) is 0. The Morgan fingerprint density at radius 2 is 0.800 bits per heavy atom. The van der Waals surface area contributed by atoms with Crippen molar-refractivity contribution in [3.63, 3.8) is 0 Å². The van der Waals surface area contributed by atoms with Gasteiger partial charge in [-0.3, -0.25) is 0 Å². The van der Waals surface area contributed by atoms with E-state index in [9.17, 15) is 0 Å². The molecule has 0 atom stereocenters. The van der Waals surface area contributed by atoms with Crippen molar-refractivity contribution in [2.75, 3.05) is 0 Å². The van der Waals surface area contributed by atoms with Crippen LogP contribution in [0.25, 0.3) is 0 Å². The van der Waals surface area contributed by atoms with Crippen LogP contribution in [0.5, 0.6) is 0 Å². The molecule has 0 spiro atoms. The summed E-state index contributed by atoms with van der Waals surface area (Å²) < 4.78 is 24.8. The van der Waals surface area contributed by atoms with E-state index in [-0.39, 0.29) is 0 Å². The molecule has 0 aliphatic carbocycles. The van der Waals surface area contributed by atoms with Gasteiger partial charge in [-0.2, -0.15) is 0 Å². The Kier molecular flexibility index (Phi) is 7.33. The predicted octanol–water partition coefficient (Wildman–Crippen LogP) is 3.98. The Hall–Kier alpha value is 0.924. The van der Waals surface area contributed by atoms with E-state index in [0.717, 1.165) is 0 Å². The molecule has 0 bridgehead atoms. The molecule has 0 amide bonds. The van der Waals surface area contributed by atoms with Crippen molar-refractivity contribution in [1.82, 2.24) is 0 Å². The Labute approximate surface area is 131 Å². The van der Waals surface area contributed by atoms with Crippen LogP contribution in [0.1, 0.15) is 0 Å². The zero-order chi connectivity index (χ0) is 16.4. The largest absolute Gasteiger partial charge is 0.437 e. The van der Waals surface area contributed by atoms with Crippen LogP contribution >= 0.6 is 0 Å². The molecule has 0 saturated heterocycles. The molecule has 0 N–H and O–H groups in total. The van der Waals surface area contributed by atoms with E-state index in [2.05, 4.69) is 72.0 Å². The molecule has 0 radical (unpaired) electrons. The number of rotatable bonds is 8. The fourth-order valence-electron chi connectivity index (χ4n) is 2.35. The van der Waals surface area contributed by atoms with Crippen molar-refractivity contribution in [2.45, 2.75) is 72.0 Å². The van der Waals surface area contributed by atoms with E-state index in [1.54, 1.807) is 0 Å². The van der Waals surface area contributed by atoms with Gasteiger partial charge in [0.05, 0.1) is 0 Å². The Bertz CT molecular complexity index is 279. The summed E-state index contributed by atoms with van der Waals surface area (Å²) in [6, 6.07) is 0. The highest BCUT2D eigenvalue weighted by molar-refractivity contribution is 6.86. The second kappa shape index (κ2) is 7.00. The lowest BCUT2D eigenvalue weighted by Crippen LogP contribution is -2.52. The molecule has 0 aromatic heterocycles. The summed E-state index contributed by atoms with van der Waals surface area (Å²) in [6.07, 6.45) is 0. The van der Waals surface area contributed by atoms with Crippen molar-refractivity contribution in [1.29, 1.82) is 0 Å². The Morgan fingerprint density at radius 3 is 1.00 bits per heavy atom. The van der Waals surface area contributed by atoms with E-state index in [4.69, 9.17) is 16.5 Å². The summed E-state index contributed by atoms with van der Waals surface area (Å²) in [6.45, 7) is 23.8. The molecule has 0 unspecified atom stereocenters. The first-order chi connectivity index (χ1) is 8.52. The molecule has 0 aromatic carbocycles. The van der Waals surface area contributed by atoms with Crippen LogP contribution in [0.2, 0.25) is 72.0 Å². The first-order valence-corrected chi connectivity index (χ1v) is 21.8. The van der Waals surface area contributed by atoms with Crippen molar-refractivity contribution in [3.8, 4) is 0 Å². The van der Waals surface area contributed by atoms with E-state index in [1.165, 1.54) is 0 Å². The van der Waals surface area contributed by atoms with Gasteiger partial charge in [-0.25, -0.2) is 0 Å². The average Bonchev–Trinajstić information content (AvgIpc) is 1.86. The highest BCUT2D eigenvalue weighted by Crippen LogP contribution is 2.20. The Balaban J connectivity index is 4.52. The zero-order valence-electron chi connectivity index (χ0n) is 15.2. The molecule has 0 saturated carbocycles. The predicted molar refractivity (Wildman–Crippen MR) is 99.0 cm³/mol. The van der Waals surface area contributed by atoms with Gasteiger partial charge in [-0.15, -0.1) is 0 Å². The molecule has 0 aromatic rings. The summed E-state index contributed by atoms with van der Waals surface area (Å²) >= 11 is 0. The second-order valence-electron chi connectivity index (χ2n) is 8.03. The molecular weight excluding hydrogens is 337 g/mol. The van der Waals surface area contributed by atoms with Gasteiger partial charge in [0.25, 0.3) is 0 Å². The molecule has 9 heteroatoms. The van der Waals surface area contributed by atoms with Gasteiger partial charge in [0.2, 0.25) is 0 Å². The van der Waals surface area contributed by atoms with Gasteiger partial charge in [0.1, 0.15) is 0 Å². The SMILES string of the molecule is C[SiH](O[Si](C)(C)O[Si](C)(C)C)O[Si](C)(C)O[Si](C)(C)C. The summed E-state index contributed by atoms with van der Waals surface area (Å²) in [7, 11) is -9.01. The normalized spacial score (nSPS) is 15.0. The lowest BCUT2D eigenvalue weighted by atomic mass is 11.8. The first kappa shape index (κ1) is 20.9. The van der Waals surface area contributed by atoms with Crippen LogP contribution in [-0.2, 0) is 16.5 Å². The van der Waals surface area contributed by atoms with Crippen LogP contribution in [0.3, 0.4) is 0 Å². The maximum absolute atomic E-state index is 6.20. The highest BCUT2D eigenvalue weighted by atomic mass is 28.5. The van der Waals surface area contributed by atoms with E-state index in [1.807, 2.05) is 0 Å². The third kappa shape index (κ3) is 11.6. The van der Waals surface area contributed by atoms with Gasteiger partial charge >= 0.3 is 26.4 Å². The van der Waals surface area contributed by atoms with Gasteiger partial charge < -0.3 is 16.5 Å². The van der Waals surface area contributed by atoms with Crippen molar-refractivity contribution < 1.29 is 16.5 Å².